The minimum absolute atomic E-state index is 0.214. The fraction of sp³-hybridized carbons (Fsp3) is 0.250. The van der Waals surface area contributed by atoms with Crippen LogP contribution in [0.2, 0.25) is 0 Å². The zero-order valence-corrected chi connectivity index (χ0v) is 10.2. The average Bonchev–Trinajstić information content (AvgIpc) is 2.38. The van der Waals surface area contributed by atoms with Crippen molar-refractivity contribution in [3.05, 3.63) is 42.2 Å². The molecule has 0 aliphatic carbocycles. The topological polar surface area (TPSA) is 65.8 Å². The fourth-order valence-corrected chi connectivity index (χ4v) is 1.67. The van der Waals surface area contributed by atoms with E-state index in [9.17, 15) is 4.79 Å². The van der Waals surface area contributed by atoms with E-state index >= 15 is 0 Å². The second kappa shape index (κ2) is 7.47. The number of carbonyl (C=O) groups is 1. The molecule has 4 nitrogen and oxygen atoms in total. The molecule has 0 aromatic carbocycles. The SMILES string of the molecule is C=CCSCCNC(=O)c1ccc(C#N)cn1. The Kier molecular flexibility index (Phi) is 5.83. The number of hydrogen-bond acceptors (Lipinski definition) is 4. The number of nitriles is 1. The van der Waals surface area contributed by atoms with E-state index in [1.165, 1.54) is 6.20 Å². The zero-order valence-electron chi connectivity index (χ0n) is 9.35. The monoisotopic (exact) mass is 247 g/mol. The van der Waals surface area contributed by atoms with Crippen molar-refractivity contribution in [2.24, 2.45) is 0 Å². The van der Waals surface area contributed by atoms with Crippen LogP contribution in [0, 0.1) is 11.3 Å². The molecule has 5 heteroatoms. The van der Waals surface area contributed by atoms with Gasteiger partial charge in [0.05, 0.1) is 5.56 Å². The molecule has 0 aliphatic heterocycles. The molecule has 1 aromatic rings. The third-order valence-corrected chi connectivity index (χ3v) is 2.86. The third-order valence-electron chi connectivity index (χ3n) is 1.89. The van der Waals surface area contributed by atoms with E-state index in [0.29, 0.717) is 17.8 Å². The molecule has 0 fully saturated rings. The van der Waals surface area contributed by atoms with Gasteiger partial charge in [0.15, 0.2) is 0 Å². The lowest BCUT2D eigenvalue weighted by Crippen LogP contribution is -2.26. The Morgan fingerprint density at radius 2 is 2.47 bits per heavy atom. The van der Waals surface area contributed by atoms with Crippen molar-refractivity contribution in [2.75, 3.05) is 18.1 Å². The van der Waals surface area contributed by atoms with Crippen LogP contribution in [0.5, 0.6) is 0 Å². The predicted octanol–water partition coefficient (Wildman–Crippen LogP) is 1.60. The summed E-state index contributed by atoms with van der Waals surface area (Å²) in [6.07, 6.45) is 3.22. The fourth-order valence-electron chi connectivity index (χ4n) is 1.09. The summed E-state index contributed by atoms with van der Waals surface area (Å²) in [5, 5.41) is 11.3. The molecular formula is C12H13N3OS. The summed E-state index contributed by atoms with van der Waals surface area (Å²) in [5.41, 5.74) is 0.779. The number of carbonyl (C=O) groups excluding carboxylic acids is 1. The minimum Gasteiger partial charge on any atom is -0.350 e. The Labute approximate surface area is 105 Å². The predicted molar refractivity (Wildman–Crippen MR) is 68.8 cm³/mol. The van der Waals surface area contributed by atoms with Gasteiger partial charge in [-0.1, -0.05) is 6.08 Å². The number of nitrogens with zero attached hydrogens (tertiary/aromatic N) is 2. The van der Waals surface area contributed by atoms with E-state index in [1.54, 1.807) is 23.9 Å². The highest BCUT2D eigenvalue weighted by atomic mass is 32.2. The van der Waals surface area contributed by atoms with E-state index < -0.39 is 0 Å². The minimum atomic E-state index is -0.214. The average molecular weight is 247 g/mol. The van der Waals surface area contributed by atoms with Gasteiger partial charge in [0.25, 0.3) is 5.91 Å². The molecule has 0 unspecified atom stereocenters. The molecule has 0 bridgehead atoms. The highest BCUT2D eigenvalue weighted by Crippen LogP contribution is 2.00. The molecule has 0 saturated carbocycles. The molecule has 1 heterocycles. The summed E-state index contributed by atoms with van der Waals surface area (Å²) in [5.74, 6) is 1.51. The lowest BCUT2D eigenvalue weighted by atomic mass is 10.2. The van der Waals surface area contributed by atoms with Gasteiger partial charge >= 0.3 is 0 Å². The smallest absolute Gasteiger partial charge is 0.269 e. The van der Waals surface area contributed by atoms with Crippen molar-refractivity contribution in [1.82, 2.24) is 10.3 Å². The van der Waals surface area contributed by atoms with Crippen molar-refractivity contribution in [3.63, 3.8) is 0 Å². The van der Waals surface area contributed by atoms with Crippen LogP contribution >= 0.6 is 11.8 Å². The Morgan fingerprint density at radius 3 is 3.06 bits per heavy atom. The van der Waals surface area contributed by atoms with Gasteiger partial charge in [0.1, 0.15) is 11.8 Å². The summed E-state index contributed by atoms with van der Waals surface area (Å²) in [4.78, 5) is 15.5. The lowest BCUT2D eigenvalue weighted by Gasteiger charge is -2.03. The van der Waals surface area contributed by atoms with Crippen LogP contribution in [0.25, 0.3) is 0 Å². The maximum atomic E-state index is 11.6. The largest absolute Gasteiger partial charge is 0.350 e. The summed E-state index contributed by atoms with van der Waals surface area (Å²) >= 11 is 1.70. The van der Waals surface area contributed by atoms with Crippen LogP contribution < -0.4 is 5.32 Å². The molecule has 17 heavy (non-hydrogen) atoms. The molecular weight excluding hydrogens is 234 g/mol. The Balaban J connectivity index is 2.36. The van der Waals surface area contributed by atoms with Gasteiger partial charge in [0, 0.05) is 24.2 Å². The first-order valence-electron chi connectivity index (χ1n) is 5.11. The first kappa shape index (κ1) is 13.3. The van der Waals surface area contributed by atoms with Gasteiger partial charge in [-0.3, -0.25) is 4.79 Å². The van der Waals surface area contributed by atoms with Gasteiger partial charge in [-0.2, -0.15) is 17.0 Å². The number of thioether (sulfide) groups is 1. The van der Waals surface area contributed by atoms with E-state index in [-0.39, 0.29) is 5.91 Å². The summed E-state index contributed by atoms with van der Waals surface area (Å²) in [6, 6.07) is 5.08. The number of hydrogen-bond donors (Lipinski definition) is 1. The first-order valence-corrected chi connectivity index (χ1v) is 6.26. The van der Waals surface area contributed by atoms with Gasteiger partial charge in [-0.15, -0.1) is 6.58 Å². The molecule has 88 valence electrons. The van der Waals surface area contributed by atoms with Crippen LogP contribution in [0.3, 0.4) is 0 Å². The van der Waals surface area contributed by atoms with E-state index in [2.05, 4.69) is 16.9 Å². The van der Waals surface area contributed by atoms with Gasteiger partial charge in [0.2, 0.25) is 0 Å². The molecule has 0 atom stereocenters. The maximum absolute atomic E-state index is 11.6. The number of amides is 1. The highest BCUT2D eigenvalue weighted by Gasteiger charge is 2.05. The molecule has 1 amide bonds. The van der Waals surface area contributed by atoms with Crippen molar-refractivity contribution >= 4 is 17.7 Å². The lowest BCUT2D eigenvalue weighted by molar-refractivity contribution is 0.0951. The van der Waals surface area contributed by atoms with Gasteiger partial charge in [-0.05, 0) is 12.1 Å². The molecule has 0 radical (unpaired) electrons. The molecule has 1 aromatic heterocycles. The second-order valence-electron chi connectivity index (χ2n) is 3.16. The Morgan fingerprint density at radius 1 is 1.65 bits per heavy atom. The molecule has 0 spiro atoms. The summed E-state index contributed by atoms with van der Waals surface area (Å²) < 4.78 is 0. The van der Waals surface area contributed by atoms with Gasteiger partial charge < -0.3 is 5.32 Å². The summed E-state index contributed by atoms with van der Waals surface area (Å²) in [6.45, 7) is 4.21. The van der Waals surface area contributed by atoms with Crippen LogP contribution in [0.4, 0.5) is 0 Å². The standard InChI is InChI=1S/C12H13N3OS/c1-2-6-17-7-5-14-12(16)11-4-3-10(8-13)9-15-11/h2-4,9H,1,5-7H2,(H,14,16). The van der Waals surface area contributed by atoms with E-state index in [1.807, 2.05) is 12.1 Å². The second-order valence-corrected chi connectivity index (χ2v) is 4.31. The number of aromatic nitrogens is 1. The Bertz CT molecular complexity index is 422. The summed E-state index contributed by atoms with van der Waals surface area (Å²) in [7, 11) is 0. The van der Waals surface area contributed by atoms with Crippen molar-refractivity contribution in [3.8, 4) is 6.07 Å². The molecule has 0 saturated heterocycles. The van der Waals surface area contributed by atoms with E-state index in [4.69, 9.17) is 5.26 Å². The van der Waals surface area contributed by atoms with Crippen LogP contribution in [-0.4, -0.2) is 28.9 Å². The number of nitrogens with one attached hydrogen (secondary N) is 1. The zero-order chi connectivity index (χ0) is 12.5. The van der Waals surface area contributed by atoms with Crippen molar-refractivity contribution in [2.45, 2.75) is 0 Å². The van der Waals surface area contributed by atoms with Crippen LogP contribution in [0.15, 0.2) is 31.0 Å². The van der Waals surface area contributed by atoms with E-state index in [0.717, 1.165) is 11.5 Å². The van der Waals surface area contributed by atoms with Crippen LogP contribution in [-0.2, 0) is 0 Å². The van der Waals surface area contributed by atoms with Gasteiger partial charge in [-0.25, -0.2) is 4.98 Å². The number of pyridine rings is 1. The van der Waals surface area contributed by atoms with Crippen molar-refractivity contribution in [1.29, 1.82) is 5.26 Å². The normalized spacial score (nSPS) is 9.35. The Hall–Kier alpha value is -1.80. The van der Waals surface area contributed by atoms with Crippen molar-refractivity contribution < 1.29 is 4.79 Å². The number of rotatable bonds is 6. The molecule has 0 aliphatic rings. The highest BCUT2D eigenvalue weighted by molar-refractivity contribution is 7.99. The molecule has 1 N–H and O–H groups in total. The molecule has 1 rings (SSSR count). The quantitative estimate of drug-likeness (QED) is 0.612. The van der Waals surface area contributed by atoms with Crippen LogP contribution in [0.1, 0.15) is 16.1 Å². The first-order chi connectivity index (χ1) is 8.27. The third kappa shape index (κ3) is 4.70. The maximum Gasteiger partial charge on any atom is 0.269 e.